The highest BCUT2D eigenvalue weighted by Crippen LogP contribution is 2.34. The molecule has 0 bridgehead atoms. The number of carbonyl (C=O) groups excluding carboxylic acids is 6. The number of hydrogen-bond donors (Lipinski definition) is 7. The lowest BCUT2D eigenvalue weighted by Crippen LogP contribution is -2.63. The molecular formula is C41H62N10O7. The van der Waals surface area contributed by atoms with Crippen molar-refractivity contribution in [3.8, 4) is 0 Å². The van der Waals surface area contributed by atoms with E-state index in [0.717, 1.165) is 37.0 Å². The number of ketones is 1. The summed E-state index contributed by atoms with van der Waals surface area (Å²) >= 11 is 0. The Morgan fingerprint density at radius 1 is 1.10 bits per heavy atom. The van der Waals surface area contributed by atoms with Crippen molar-refractivity contribution < 1.29 is 33.9 Å². The summed E-state index contributed by atoms with van der Waals surface area (Å²) in [6.07, 6.45) is 8.08. The van der Waals surface area contributed by atoms with Crippen LogP contribution in [0.4, 0.5) is 4.79 Å². The van der Waals surface area contributed by atoms with E-state index in [0.29, 0.717) is 24.2 Å². The zero-order valence-corrected chi connectivity index (χ0v) is 33.8. The molecule has 0 radical (unpaired) electrons. The van der Waals surface area contributed by atoms with Crippen LogP contribution in [0.2, 0.25) is 0 Å². The first kappa shape index (κ1) is 45.9. The molecule has 5 amide bonds. The van der Waals surface area contributed by atoms with E-state index in [1.165, 1.54) is 23.5 Å². The summed E-state index contributed by atoms with van der Waals surface area (Å²) in [4.78, 5) is 96.2. The van der Waals surface area contributed by atoms with Crippen LogP contribution in [0.1, 0.15) is 82.4 Å². The van der Waals surface area contributed by atoms with Gasteiger partial charge in [-0.15, -0.1) is 0 Å². The molecule has 1 aromatic carbocycles. The molecule has 1 aliphatic heterocycles. The standard InChI is InChI=1S/C41H62N10O7/c1-3-30(53)19-37(54)51(40(57)34(18-29-23-46-24-47-29)49-39(56)33(48-25-52)16-26-10-6-4-7-11-26)36(20-32(43)31(21-42)28-12-8-5-9-13-28)38(55)35-17-27(22-45-2)14-15-50(35)41(44)58/h4,6-7,10-11,23-24,27-28,30-36,45,53H,3,5,8-9,12-22,42-43H2,1-2H3,(H2,44,58)(H,46,47)(H,49,56)/t27?,30-,31?,32-,33-,34-,35?,36-/m0/s1. The van der Waals surface area contributed by atoms with Crippen molar-refractivity contribution in [3.05, 3.63) is 54.1 Å². The average molecular weight is 807 g/mol. The Kier molecular flexibility index (Phi) is 18.2. The van der Waals surface area contributed by atoms with Gasteiger partial charge in [0.05, 0.1) is 24.9 Å². The Morgan fingerprint density at radius 3 is 2.43 bits per heavy atom. The van der Waals surface area contributed by atoms with Gasteiger partial charge in [-0.05, 0) is 69.1 Å². The van der Waals surface area contributed by atoms with Crippen molar-refractivity contribution in [2.24, 2.45) is 39.9 Å². The number of Topliss-reactive ketones (excluding diaryl/α,β-unsaturated/α-hetero) is 1. The molecule has 4 rings (SSSR count). The lowest BCUT2D eigenvalue weighted by molar-refractivity contribution is -0.156. The first-order chi connectivity index (χ1) is 27.9. The van der Waals surface area contributed by atoms with Crippen molar-refractivity contribution in [1.82, 2.24) is 30.4 Å². The molecule has 1 aromatic heterocycles. The molecule has 1 saturated carbocycles. The van der Waals surface area contributed by atoms with Crippen molar-refractivity contribution in [1.29, 1.82) is 0 Å². The maximum Gasteiger partial charge on any atom is 0.315 e. The van der Waals surface area contributed by atoms with Gasteiger partial charge in [-0.2, -0.15) is 4.99 Å². The smallest absolute Gasteiger partial charge is 0.315 e. The molecule has 10 N–H and O–H groups in total. The number of aliphatic imine (C=N–C) groups is 1. The Morgan fingerprint density at radius 2 is 1.83 bits per heavy atom. The van der Waals surface area contributed by atoms with Gasteiger partial charge in [-0.25, -0.2) is 14.6 Å². The van der Waals surface area contributed by atoms with Crippen LogP contribution >= 0.6 is 0 Å². The number of nitrogens with two attached hydrogens (primary N) is 3. The molecule has 2 aliphatic rings. The highest BCUT2D eigenvalue weighted by Gasteiger charge is 2.46. The molecule has 17 heteroatoms. The number of hydrogen-bond acceptors (Lipinski definition) is 12. The van der Waals surface area contributed by atoms with Gasteiger partial charge in [0, 0.05) is 37.3 Å². The van der Waals surface area contributed by atoms with Gasteiger partial charge in [0.1, 0.15) is 18.1 Å². The number of urea groups is 1. The van der Waals surface area contributed by atoms with Crippen molar-refractivity contribution in [2.75, 3.05) is 26.7 Å². The first-order valence-electron chi connectivity index (χ1n) is 20.5. The summed E-state index contributed by atoms with van der Waals surface area (Å²) in [5, 5.41) is 16.6. The van der Waals surface area contributed by atoms with E-state index in [4.69, 9.17) is 17.2 Å². The highest BCUT2D eigenvalue weighted by molar-refractivity contribution is 6.05. The van der Waals surface area contributed by atoms with Gasteiger partial charge < -0.3 is 42.8 Å². The highest BCUT2D eigenvalue weighted by atomic mass is 16.3. The van der Waals surface area contributed by atoms with E-state index < -0.39 is 72.3 Å². The van der Waals surface area contributed by atoms with Gasteiger partial charge in [0.2, 0.25) is 17.9 Å². The fraction of sp³-hybridized carbons (Fsp3) is 0.634. The number of aromatic nitrogens is 2. The van der Waals surface area contributed by atoms with Crippen LogP contribution in [-0.2, 0) is 36.8 Å². The summed E-state index contributed by atoms with van der Waals surface area (Å²) in [6.45, 7) is 2.62. The van der Waals surface area contributed by atoms with E-state index >= 15 is 9.59 Å². The van der Waals surface area contributed by atoms with Crippen molar-refractivity contribution in [3.63, 3.8) is 0 Å². The van der Waals surface area contributed by atoms with E-state index in [-0.39, 0.29) is 62.9 Å². The SMILES string of the molecule is CC[C@H](O)CC(=O)N(C(=O)[C@H](Cc1cnc[nH]1)NC(=O)[C@H](Cc1ccccc1)N=C=O)[C@@H](C[C@H](N)C(CN)C1CCCCC1)C(=O)C1CC(CNC)CCN1C(N)=O. The number of aromatic amines is 1. The monoisotopic (exact) mass is 806 g/mol. The van der Waals surface area contributed by atoms with Crippen LogP contribution < -0.4 is 27.8 Å². The minimum atomic E-state index is -1.54. The molecule has 1 aliphatic carbocycles. The van der Waals surface area contributed by atoms with Crippen LogP contribution in [0.25, 0.3) is 0 Å². The number of nitrogens with one attached hydrogen (secondary N) is 3. The molecule has 0 spiro atoms. The molecule has 58 heavy (non-hydrogen) atoms. The van der Waals surface area contributed by atoms with Crippen LogP contribution in [0.3, 0.4) is 0 Å². The number of imidazole rings is 1. The number of nitrogens with zero attached hydrogens (tertiary/aromatic N) is 4. The fourth-order valence-corrected chi connectivity index (χ4v) is 8.57. The summed E-state index contributed by atoms with van der Waals surface area (Å²) < 4.78 is 0. The zero-order valence-electron chi connectivity index (χ0n) is 33.8. The van der Waals surface area contributed by atoms with Crippen molar-refractivity contribution >= 4 is 35.6 Å². The normalized spacial score (nSPS) is 20.4. The predicted octanol–water partition coefficient (Wildman–Crippen LogP) is 1.09. The second-order valence-electron chi connectivity index (χ2n) is 15.7. The summed E-state index contributed by atoms with van der Waals surface area (Å²) in [5.74, 6) is -3.34. The molecule has 2 heterocycles. The number of piperidine rings is 1. The van der Waals surface area contributed by atoms with Gasteiger partial charge in [0.15, 0.2) is 5.78 Å². The summed E-state index contributed by atoms with van der Waals surface area (Å²) in [5.41, 5.74) is 20.3. The number of likely N-dealkylation sites (tertiary alicyclic amines) is 1. The van der Waals surface area contributed by atoms with Crippen LogP contribution in [0.5, 0.6) is 0 Å². The van der Waals surface area contributed by atoms with E-state index in [2.05, 4.69) is 25.6 Å². The maximum absolute atomic E-state index is 15.2. The Bertz CT molecular complexity index is 1680. The number of isocyanates is 1. The number of amides is 5. The molecular weight excluding hydrogens is 745 g/mol. The first-order valence-corrected chi connectivity index (χ1v) is 20.5. The van der Waals surface area contributed by atoms with Gasteiger partial charge in [0.25, 0.3) is 5.91 Å². The Labute approximate surface area is 340 Å². The van der Waals surface area contributed by atoms with Crippen LogP contribution in [-0.4, -0.2) is 123 Å². The Balaban J connectivity index is 1.83. The topological polar surface area (TPSA) is 272 Å². The number of imide groups is 1. The fourth-order valence-electron chi connectivity index (χ4n) is 8.57. The zero-order chi connectivity index (χ0) is 42.2. The third-order valence-electron chi connectivity index (χ3n) is 11.8. The third-order valence-corrected chi connectivity index (χ3v) is 11.8. The number of H-pyrrole nitrogens is 1. The second kappa shape index (κ2) is 23.0. The predicted molar refractivity (Wildman–Crippen MR) is 216 cm³/mol. The summed E-state index contributed by atoms with van der Waals surface area (Å²) in [7, 11) is 1.79. The van der Waals surface area contributed by atoms with Crippen LogP contribution in [0, 0.1) is 17.8 Å². The van der Waals surface area contributed by atoms with E-state index in [1.54, 1.807) is 44.3 Å². The lowest BCUT2D eigenvalue weighted by Gasteiger charge is -2.42. The minimum Gasteiger partial charge on any atom is -0.393 e. The quantitative estimate of drug-likeness (QED) is 0.0693. The van der Waals surface area contributed by atoms with Crippen molar-refractivity contribution in [2.45, 2.75) is 120 Å². The van der Waals surface area contributed by atoms with Gasteiger partial charge in [-0.3, -0.25) is 24.1 Å². The second-order valence-corrected chi connectivity index (χ2v) is 15.7. The van der Waals surface area contributed by atoms with Crippen LogP contribution in [0.15, 0.2) is 47.8 Å². The number of carbonyl (C=O) groups is 5. The molecule has 2 aromatic rings. The van der Waals surface area contributed by atoms with E-state index in [9.17, 15) is 24.3 Å². The molecule has 8 atom stereocenters. The van der Waals surface area contributed by atoms with Gasteiger partial charge in [-0.1, -0.05) is 69.4 Å². The molecule has 17 nitrogen and oxygen atoms in total. The number of aliphatic hydroxyl groups is 1. The maximum atomic E-state index is 15.2. The number of primary amides is 1. The van der Waals surface area contributed by atoms with Gasteiger partial charge >= 0.3 is 6.03 Å². The third kappa shape index (κ3) is 12.6. The Hall–Kier alpha value is -4.80. The van der Waals surface area contributed by atoms with E-state index in [1.807, 2.05) is 0 Å². The molecule has 1 saturated heterocycles. The molecule has 2 fully saturated rings. The number of rotatable bonds is 21. The number of benzene rings is 1. The molecule has 318 valence electrons. The molecule has 3 unspecified atom stereocenters. The average Bonchev–Trinajstić information content (AvgIpc) is 3.74. The number of aliphatic hydroxyl groups excluding tert-OH is 1. The minimum absolute atomic E-state index is 0.00818. The summed E-state index contributed by atoms with van der Waals surface area (Å²) in [6, 6.07) is 1.86. The lowest BCUT2D eigenvalue weighted by atomic mass is 9.74. The largest absolute Gasteiger partial charge is 0.393 e.